The fourth-order valence-corrected chi connectivity index (χ4v) is 3.95. The standard InChI is InChI=1S/C26H20O/c1-2-18-6-8-19(9-7-18)16-27-17-23-13-12-22-11-10-20-4-3-5-21-14-15-24(23)26(22)25(20)21/h2-15H,1,16-17H2. The van der Waals surface area contributed by atoms with E-state index in [0.717, 1.165) is 5.56 Å². The first-order valence-corrected chi connectivity index (χ1v) is 9.28. The lowest BCUT2D eigenvalue weighted by Crippen LogP contribution is -1.96. The third-order valence-electron chi connectivity index (χ3n) is 5.36. The second-order valence-electron chi connectivity index (χ2n) is 7.02. The van der Waals surface area contributed by atoms with Crippen LogP contribution < -0.4 is 0 Å². The van der Waals surface area contributed by atoms with E-state index in [0.29, 0.717) is 13.2 Å². The highest BCUT2D eigenvalue weighted by molar-refractivity contribution is 6.23. The van der Waals surface area contributed by atoms with Crippen molar-refractivity contribution in [2.24, 2.45) is 0 Å². The zero-order valence-corrected chi connectivity index (χ0v) is 15.1. The Bertz CT molecular complexity index is 1230. The molecule has 1 heteroatoms. The van der Waals surface area contributed by atoms with Crippen molar-refractivity contribution in [2.45, 2.75) is 13.2 Å². The number of rotatable bonds is 5. The van der Waals surface area contributed by atoms with Gasteiger partial charge in [0, 0.05) is 0 Å². The zero-order valence-electron chi connectivity index (χ0n) is 15.1. The normalized spacial score (nSPS) is 11.6. The van der Waals surface area contributed by atoms with Gasteiger partial charge in [0.2, 0.25) is 0 Å². The first-order chi connectivity index (χ1) is 13.3. The fourth-order valence-electron chi connectivity index (χ4n) is 3.95. The van der Waals surface area contributed by atoms with Gasteiger partial charge in [0.1, 0.15) is 0 Å². The van der Waals surface area contributed by atoms with Crippen molar-refractivity contribution >= 4 is 38.4 Å². The molecule has 0 atom stereocenters. The van der Waals surface area contributed by atoms with E-state index in [1.807, 2.05) is 6.08 Å². The van der Waals surface area contributed by atoms with Crippen LogP contribution in [-0.2, 0) is 18.0 Å². The van der Waals surface area contributed by atoms with Crippen LogP contribution >= 0.6 is 0 Å². The molecule has 5 aromatic rings. The summed E-state index contributed by atoms with van der Waals surface area (Å²) < 4.78 is 6.04. The molecule has 5 aromatic carbocycles. The maximum atomic E-state index is 6.04. The van der Waals surface area contributed by atoms with Crippen LogP contribution in [0.1, 0.15) is 16.7 Å². The van der Waals surface area contributed by atoms with E-state index in [1.54, 1.807) is 0 Å². The average Bonchev–Trinajstić information content (AvgIpc) is 2.73. The van der Waals surface area contributed by atoms with Gasteiger partial charge in [-0.25, -0.2) is 0 Å². The van der Waals surface area contributed by atoms with Gasteiger partial charge in [-0.1, -0.05) is 91.5 Å². The Kier molecular flexibility index (Phi) is 3.88. The van der Waals surface area contributed by atoms with Gasteiger partial charge in [-0.2, -0.15) is 0 Å². The van der Waals surface area contributed by atoms with Crippen molar-refractivity contribution in [3.05, 3.63) is 102 Å². The topological polar surface area (TPSA) is 9.23 Å². The summed E-state index contributed by atoms with van der Waals surface area (Å²) in [4.78, 5) is 0. The minimum atomic E-state index is 0.609. The van der Waals surface area contributed by atoms with Gasteiger partial charge >= 0.3 is 0 Å². The third-order valence-corrected chi connectivity index (χ3v) is 5.36. The molecule has 130 valence electrons. The van der Waals surface area contributed by atoms with Crippen LogP contribution in [-0.4, -0.2) is 0 Å². The molecule has 0 saturated carbocycles. The predicted octanol–water partition coefficient (Wildman–Crippen LogP) is 6.94. The van der Waals surface area contributed by atoms with Gasteiger partial charge in [0.05, 0.1) is 13.2 Å². The molecule has 0 fully saturated rings. The molecule has 0 N–H and O–H groups in total. The summed E-state index contributed by atoms with van der Waals surface area (Å²) in [5, 5.41) is 7.88. The first kappa shape index (κ1) is 16.0. The van der Waals surface area contributed by atoms with Gasteiger partial charge in [-0.05, 0) is 49.0 Å². The Morgan fingerprint density at radius 3 is 2.07 bits per heavy atom. The van der Waals surface area contributed by atoms with Crippen molar-refractivity contribution in [2.75, 3.05) is 0 Å². The summed E-state index contributed by atoms with van der Waals surface area (Å²) in [5.74, 6) is 0. The molecule has 27 heavy (non-hydrogen) atoms. The summed E-state index contributed by atoms with van der Waals surface area (Å²) in [5.41, 5.74) is 3.55. The monoisotopic (exact) mass is 348 g/mol. The summed E-state index contributed by atoms with van der Waals surface area (Å²) in [6.45, 7) is 5.01. The molecule has 0 bridgehead atoms. The van der Waals surface area contributed by atoms with Crippen LogP contribution in [0.5, 0.6) is 0 Å². The highest BCUT2D eigenvalue weighted by Crippen LogP contribution is 2.36. The summed E-state index contributed by atoms with van der Waals surface area (Å²) in [6.07, 6.45) is 1.86. The molecule has 5 rings (SSSR count). The van der Waals surface area contributed by atoms with Crippen LogP contribution in [0.2, 0.25) is 0 Å². The molecule has 1 nitrogen and oxygen atoms in total. The van der Waals surface area contributed by atoms with Crippen molar-refractivity contribution in [3.63, 3.8) is 0 Å². The number of hydrogen-bond donors (Lipinski definition) is 0. The lowest BCUT2D eigenvalue weighted by atomic mass is 9.92. The molecule has 0 aliphatic carbocycles. The van der Waals surface area contributed by atoms with E-state index in [-0.39, 0.29) is 0 Å². The molecular formula is C26H20O. The van der Waals surface area contributed by atoms with Crippen LogP contribution in [0.3, 0.4) is 0 Å². The summed E-state index contributed by atoms with van der Waals surface area (Å²) >= 11 is 0. The van der Waals surface area contributed by atoms with Gasteiger partial charge in [-0.3, -0.25) is 0 Å². The Labute approximate surface area is 158 Å². The van der Waals surface area contributed by atoms with E-state index in [9.17, 15) is 0 Å². The maximum absolute atomic E-state index is 6.04. The summed E-state index contributed by atoms with van der Waals surface area (Å²) in [7, 11) is 0. The van der Waals surface area contributed by atoms with Crippen molar-refractivity contribution in [1.82, 2.24) is 0 Å². The Hall–Kier alpha value is -3.16. The lowest BCUT2D eigenvalue weighted by molar-refractivity contribution is 0.108. The highest BCUT2D eigenvalue weighted by atomic mass is 16.5. The van der Waals surface area contributed by atoms with Crippen LogP contribution in [0.15, 0.2) is 85.4 Å². The molecule has 0 heterocycles. The molecule has 0 amide bonds. The zero-order chi connectivity index (χ0) is 18.2. The largest absolute Gasteiger partial charge is 0.372 e. The van der Waals surface area contributed by atoms with E-state index in [1.165, 1.54) is 43.4 Å². The minimum absolute atomic E-state index is 0.609. The molecular weight excluding hydrogens is 328 g/mol. The maximum Gasteiger partial charge on any atom is 0.0727 e. The van der Waals surface area contributed by atoms with Gasteiger partial charge in [-0.15, -0.1) is 0 Å². The molecule has 0 aliphatic rings. The van der Waals surface area contributed by atoms with Gasteiger partial charge in [0.25, 0.3) is 0 Å². The first-order valence-electron chi connectivity index (χ1n) is 9.28. The van der Waals surface area contributed by atoms with E-state index < -0.39 is 0 Å². The molecule has 0 aromatic heterocycles. The molecule has 0 unspecified atom stereocenters. The number of hydrogen-bond acceptors (Lipinski definition) is 1. The lowest BCUT2D eigenvalue weighted by Gasteiger charge is -2.14. The van der Waals surface area contributed by atoms with Crippen molar-refractivity contribution in [3.8, 4) is 0 Å². The molecule has 0 aliphatic heterocycles. The third kappa shape index (κ3) is 2.77. The number of ether oxygens (including phenoxy) is 1. The molecule has 0 spiro atoms. The van der Waals surface area contributed by atoms with Crippen LogP contribution in [0.25, 0.3) is 38.4 Å². The number of benzene rings is 5. The smallest absolute Gasteiger partial charge is 0.0727 e. The highest BCUT2D eigenvalue weighted by Gasteiger charge is 2.10. The second kappa shape index (κ2) is 6.53. The molecule has 0 saturated heterocycles. The fraction of sp³-hybridized carbons (Fsp3) is 0.0769. The molecule has 0 radical (unpaired) electrons. The Morgan fingerprint density at radius 2 is 1.33 bits per heavy atom. The van der Waals surface area contributed by atoms with Gasteiger partial charge < -0.3 is 4.74 Å². The van der Waals surface area contributed by atoms with E-state index >= 15 is 0 Å². The van der Waals surface area contributed by atoms with Crippen molar-refractivity contribution in [1.29, 1.82) is 0 Å². The quantitative estimate of drug-likeness (QED) is 0.312. The SMILES string of the molecule is C=Cc1ccc(COCc2ccc3ccc4cccc5ccc2c3c45)cc1. The van der Waals surface area contributed by atoms with Crippen LogP contribution in [0.4, 0.5) is 0 Å². The van der Waals surface area contributed by atoms with Crippen molar-refractivity contribution < 1.29 is 4.74 Å². The summed E-state index contributed by atoms with van der Waals surface area (Å²) in [6, 6.07) is 28.2. The van der Waals surface area contributed by atoms with Crippen LogP contribution in [0, 0.1) is 0 Å². The Morgan fingerprint density at radius 1 is 0.667 bits per heavy atom. The second-order valence-corrected chi connectivity index (χ2v) is 7.02. The predicted molar refractivity (Wildman–Crippen MR) is 115 cm³/mol. The minimum Gasteiger partial charge on any atom is -0.372 e. The van der Waals surface area contributed by atoms with E-state index in [2.05, 4.69) is 85.4 Å². The van der Waals surface area contributed by atoms with Gasteiger partial charge in [0.15, 0.2) is 0 Å². The van der Waals surface area contributed by atoms with E-state index in [4.69, 9.17) is 4.74 Å². The Balaban J connectivity index is 1.48. The average molecular weight is 348 g/mol.